The Kier molecular flexibility index (Phi) is 6.27. The highest BCUT2D eigenvalue weighted by atomic mass is 16.5. The first-order chi connectivity index (χ1) is 10.7. The Balaban J connectivity index is 2.06. The van der Waals surface area contributed by atoms with Crippen molar-refractivity contribution in [3.05, 3.63) is 29.8 Å². The smallest absolute Gasteiger partial charge is 0.217 e. The summed E-state index contributed by atoms with van der Waals surface area (Å²) < 4.78 is 11.4. The van der Waals surface area contributed by atoms with Gasteiger partial charge >= 0.3 is 0 Å². The van der Waals surface area contributed by atoms with Crippen LogP contribution in [0.15, 0.2) is 24.3 Å². The Morgan fingerprint density at radius 2 is 2.18 bits per heavy atom. The highest BCUT2D eigenvalue weighted by molar-refractivity contribution is 5.73. The van der Waals surface area contributed by atoms with E-state index in [2.05, 4.69) is 17.5 Å². The number of nitrogens with one attached hydrogen (secondary N) is 1. The maximum absolute atomic E-state index is 10.7. The molecule has 22 heavy (non-hydrogen) atoms. The molecular formula is C17H24N2O3. The van der Waals surface area contributed by atoms with E-state index >= 15 is 0 Å². The maximum Gasteiger partial charge on any atom is 0.217 e. The molecule has 1 aromatic rings. The van der Waals surface area contributed by atoms with Crippen molar-refractivity contribution in [2.24, 2.45) is 5.73 Å². The van der Waals surface area contributed by atoms with Crippen LogP contribution < -0.4 is 20.5 Å². The molecule has 0 radical (unpaired) electrons. The van der Waals surface area contributed by atoms with Crippen LogP contribution in [-0.2, 0) is 4.79 Å². The fourth-order valence-corrected chi connectivity index (χ4v) is 2.41. The monoisotopic (exact) mass is 304 g/mol. The van der Waals surface area contributed by atoms with Gasteiger partial charge < -0.3 is 20.5 Å². The Morgan fingerprint density at radius 3 is 2.86 bits per heavy atom. The fourth-order valence-electron chi connectivity index (χ4n) is 2.41. The molecule has 0 unspecified atom stereocenters. The highest BCUT2D eigenvalue weighted by Gasteiger charge is 2.11. The van der Waals surface area contributed by atoms with Gasteiger partial charge in [-0.3, -0.25) is 4.79 Å². The Bertz CT molecular complexity index is 541. The second-order valence-corrected chi connectivity index (χ2v) is 5.20. The lowest BCUT2D eigenvalue weighted by atomic mass is 10.00. The number of hydrogen-bond acceptors (Lipinski definition) is 4. The summed E-state index contributed by atoms with van der Waals surface area (Å²) in [6.45, 7) is 4.90. The van der Waals surface area contributed by atoms with Gasteiger partial charge in [0.1, 0.15) is 0 Å². The number of nitrogens with two attached hydrogens (primary N) is 1. The van der Waals surface area contributed by atoms with Gasteiger partial charge in [0.25, 0.3) is 0 Å². The van der Waals surface area contributed by atoms with Gasteiger partial charge in [0.15, 0.2) is 11.5 Å². The van der Waals surface area contributed by atoms with Crippen LogP contribution in [0.3, 0.4) is 0 Å². The summed E-state index contributed by atoms with van der Waals surface area (Å²) in [6.07, 6.45) is 4.17. The van der Waals surface area contributed by atoms with Gasteiger partial charge in [-0.2, -0.15) is 0 Å². The van der Waals surface area contributed by atoms with E-state index in [9.17, 15) is 4.79 Å². The summed E-state index contributed by atoms with van der Waals surface area (Å²) in [7, 11) is 0. The van der Waals surface area contributed by atoms with E-state index in [1.54, 1.807) is 0 Å². The van der Waals surface area contributed by atoms with E-state index in [1.807, 2.05) is 19.1 Å². The zero-order valence-electron chi connectivity index (χ0n) is 13.1. The van der Waals surface area contributed by atoms with Crippen molar-refractivity contribution in [1.29, 1.82) is 0 Å². The molecule has 5 heteroatoms. The van der Waals surface area contributed by atoms with Gasteiger partial charge in [-0.1, -0.05) is 12.1 Å². The van der Waals surface area contributed by atoms with Crippen molar-refractivity contribution in [3.63, 3.8) is 0 Å². The van der Waals surface area contributed by atoms with Crippen molar-refractivity contribution in [2.45, 2.75) is 26.2 Å². The average molecular weight is 304 g/mol. The maximum atomic E-state index is 10.7. The fraction of sp³-hybridized carbons (Fsp3) is 0.471. The molecule has 2 rings (SSSR count). The van der Waals surface area contributed by atoms with Crippen molar-refractivity contribution in [2.75, 3.05) is 26.3 Å². The van der Waals surface area contributed by atoms with Crippen molar-refractivity contribution < 1.29 is 14.3 Å². The number of amides is 1. The number of ether oxygens (including phenoxy) is 2. The third-order valence-electron chi connectivity index (χ3n) is 3.50. The average Bonchev–Trinajstić information content (AvgIpc) is 2.53. The summed E-state index contributed by atoms with van der Waals surface area (Å²) >= 11 is 0. The largest absolute Gasteiger partial charge is 0.490 e. The number of benzene rings is 1. The molecule has 0 bridgehead atoms. The quantitative estimate of drug-likeness (QED) is 0.721. The van der Waals surface area contributed by atoms with Crippen molar-refractivity contribution in [3.8, 4) is 11.5 Å². The first kappa shape index (κ1) is 16.4. The van der Waals surface area contributed by atoms with Gasteiger partial charge in [-0.25, -0.2) is 0 Å². The van der Waals surface area contributed by atoms with E-state index in [1.165, 1.54) is 11.1 Å². The topological polar surface area (TPSA) is 73.6 Å². The van der Waals surface area contributed by atoms with Crippen LogP contribution in [0, 0.1) is 0 Å². The summed E-state index contributed by atoms with van der Waals surface area (Å²) in [4.78, 5) is 10.7. The molecule has 0 saturated carbocycles. The molecule has 0 fully saturated rings. The second-order valence-electron chi connectivity index (χ2n) is 5.20. The SMILES string of the molecule is CCOc1cc(C2=CCNCC2)ccc1OCCCC(N)=O. The van der Waals surface area contributed by atoms with Gasteiger partial charge in [0, 0.05) is 13.0 Å². The van der Waals surface area contributed by atoms with E-state index in [0.29, 0.717) is 31.8 Å². The molecule has 1 aliphatic heterocycles. The van der Waals surface area contributed by atoms with Crippen LogP contribution in [0.25, 0.3) is 5.57 Å². The van der Waals surface area contributed by atoms with Gasteiger partial charge in [0.05, 0.1) is 13.2 Å². The molecule has 3 N–H and O–H groups in total. The molecule has 1 heterocycles. The lowest BCUT2D eigenvalue weighted by Gasteiger charge is -2.17. The van der Waals surface area contributed by atoms with Crippen LogP contribution in [0.2, 0.25) is 0 Å². The van der Waals surface area contributed by atoms with Crippen LogP contribution in [0.4, 0.5) is 0 Å². The van der Waals surface area contributed by atoms with Crippen molar-refractivity contribution >= 4 is 11.5 Å². The molecule has 0 aromatic heterocycles. The zero-order valence-corrected chi connectivity index (χ0v) is 13.1. The Labute approximate surface area is 131 Å². The van der Waals surface area contributed by atoms with E-state index in [4.69, 9.17) is 15.2 Å². The highest BCUT2D eigenvalue weighted by Crippen LogP contribution is 2.32. The summed E-state index contributed by atoms with van der Waals surface area (Å²) in [5.74, 6) is 1.16. The first-order valence-electron chi connectivity index (χ1n) is 7.78. The third-order valence-corrected chi connectivity index (χ3v) is 3.50. The van der Waals surface area contributed by atoms with Crippen LogP contribution in [0.1, 0.15) is 31.7 Å². The van der Waals surface area contributed by atoms with Gasteiger partial charge in [-0.05, 0) is 49.6 Å². The minimum absolute atomic E-state index is 0.304. The third kappa shape index (κ3) is 4.77. The van der Waals surface area contributed by atoms with Crippen LogP contribution in [-0.4, -0.2) is 32.2 Å². The predicted molar refractivity (Wildman–Crippen MR) is 87.0 cm³/mol. The molecule has 0 aliphatic carbocycles. The molecular weight excluding hydrogens is 280 g/mol. The molecule has 120 valence electrons. The summed E-state index contributed by atoms with van der Waals surface area (Å²) in [5.41, 5.74) is 7.63. The molecule has 5 nitrogen and oxygen atoms in total. The minimum Gasteiger partial charge on any atom is -0.490 e. The predicted octanol–water partition coefficient (Wildman–Crippen LogP) is 2.11. The Hall–Kier alpha value is -2.01. The van der Waals surface area contributed by atoms with Gasteiger partial charge in [0.2, 0.25) is 5.91 Å². The number of carbonyl (C=O) groups is 1. The second kappa shape index (κ2) is 8.44. The zero-order chi connectivity index (χ0) is 15.8. The number of hydrogen-bond donors (Lipinski definition) is 2. The molecule has 0 atom stereocenters. The Morgan fingerprint density at radius 1 is 1.32 bits per heavy atom. The molecule has 0 saturated heterocycles. The normalized spacial score (nSPS) is 14.3. The number of carbonyl (C=O) groups excluding carboxylic acids is 1. The number of primary amides is 1. The standard InChI is InChI=1S/C17H24N2O3/c1-2-21-16-12-14(13-7-9-19-10-8-13)5-6-15(16)22-11-3-4-17(18)20/h5-7,12,19H,2-4,8-11H2,1H3,(H2,18,20). The molecule has 1 aromatic carbocycles. The summed E-state index contributed by atoms with van der Waals surface area (Å²) in [6, 6.07) is 6.03. The lowest BCUT2D eigenvalue weighted by molar-refractivity contribution is -0.118. The van der Waals surface area contributed by atoms with Crippen LogP contribution >= 0.6 is 0 Å². The van der Waals surface area contributed by atoms with Crippen molar-refractivity contribution in [1.82, 2.24) is 5.32 Å². The molecule has 1 aliphatic rings. The van der Waals surface area contributed by atoms with E-state index in [0.717, 1.165) is 25.3 Å². The van der Waals surface area contributed by atoms with Crippen LogP contribution in [0.5, 0.6) is 11.5 Å². The van der Waals surface area contributed by atoms with E-state index < -0.39 is 0 Å². The first-order valence-corrected chi connectivity index (χ1v) is 7.78. The van der Waals surface area contributed by atoms with E-state index in [-0.39, 0.29) is 5.91 Å². The minimum atomic E-state index is -0.304. The van der Waals surface area contributed by atoms with Gasteiger partial charge in [-0.15, -0.1) is 0 Å². The lowest BCUT2D eigenvalue weighted by Crippen LogP contribution is -2.20. The molecule has 1 amide bonds. The summed E-state index contributed by atoms with van der Waals surface area (Å²) in [5, 5.41) is 3.31. The number of rotatable bonds is 8. The molecule has 0 spiro atoms.